The van der Waals surface area contributed by atoms with Gasteiger partial charge in [0, 0.05) is 39.7 Å². The molecule has 1 unspecified atom stereocenters. The maximum atomic E-state index is 5.31. The monoisotopic (exact) mass is 757 g/mol. The highest BCUT2D eigenvalue weighted by atomic mass is 15.2. The molecule has 0 fully saturated rings. The van der Waals surface area contributed by atoms with E-state index >= 15 is 0 Å². The van der Waals surface area contributed by atoms with E-state index in [1.165, 1.54) is 27.8 Å². The molecule has 7 aromatic carbocycles. The molecule has 0 saturated heterocycles. The van der Waals surface area contributed by atoms with E-state index in [9.17, 15) is 0 Å². The van der Waals surface area contributed by atoms with Crippen LogP contribution in [-0.4, -0.2) is 21.6 Å². The van der Waals surface area contributed by atoms with Gasteiger partial charge in [-0.05, 0) is 91.5 Å². The Bertz CT molecular complexity index is 3150. The van der Waals surface area contributed by atoms with Crippen molar-refractivity contribution in [2.24, 2.45) is 9.98 Å². The molecule has 2 aliphatic rings. The molecule has 2 aromatic heterocycles. The average Bonchev–Trinajstić information content (AvgIpc) is 3.55. The van der Waals surface area contributed by atoms with Gasteiger partial charge in [-0.25, -0.2) is 9.98 Å². The van der Waals surface area contributed by atoms with Crippen molar-refractivity contribution in [2.75, 3.05) is 0 Å². The summed E-state index contributed by atoms with van der Waals surface area (Å²) in [4.78, 5) is 19.8. The number of amidine groups is 2. The number of nitrogens with zero attached hydrogens (tertiary/aromatic N) is 4. The van der Waals surface area contributed by atoms with Gasteiger partial charge in [-0.15, -0.1) is 0 Å². The number of aromatic nitrogens is 2. The van der Waals surface area contributed by atoms with Crippen LogP contribution in [0.5, 0.6) is 0 Å². The molecule has 280 valence electrons. The Labute approximate surface area is 343 Å². The summed E-state index contributed by atoms with van der Waals surface area (Å²) in [5.41, 5.74) is 16.9. The lowest BCUT2D eigenvalue weighted by molar-refractivity contribution is 0.660. The predicted octanol–water partition coefficient (Wildman–Crippen LogP) is 12.6. The fraction of sp³-hybridized carbons (Fsp3) is 0.0741. The molecule has 11 rings (SSSR count). The summed E-state index contributed by atoms with van der Waals surface area (Å²) >= 11 is 0. The first-order valence-corrected chi connectivity index (χ1v) is 20.2. The molecule has 1 atom stereocenters. The average molecular weight is 758 g/mol. The van der Waals surface area contributed by atoms with Crippen LogP contribution in [-0.2, 0) is 5.41 Å². The summed E-state index contributed by atoms with van der Waals surface area (Å²) < 4.78 is 0. The molecular weight excluding hydrogens is 719 g/mol. The summed E-state index contributed by atoms with van der Waals surface area (Å²) in [6.45, 7) is 4.68. The Hall–Kier alpha value is -7.50. The highest BCUT2D eigenvalue weighted by Gasteiger charge is 2.36. The summed E-state index contributed by atoms with van der Waals surface area (Å²) in [5.74, 6) is 1.50. The highest BCUT2D eigenvalue weighted by Crippen LogP contribution is 2.52. The molecule has 1 N–H and O–H groups in total. The van der Waals surface area contributed by atoms with Crippen LogP contribution in [0.25, 0.3) is 66.3 Å². The van der Waals surface area contributed by atoms with Crippen LogP contribution in [0.3, 0.4) is 0 Å². The van der Waals surface area contributed by atoms with E-state index in [0.717, 1.165) is 72.1 Å². The Kier molecular flexibility index (Phi) is 8.16. The minimum Gasteiger partial charge on any atom is -0.344 e. The van der Waals surface area contributed by atoms with Crippen LogP contribution in [0, 0.1) is 0 Å². The Balaban J connectivity index is 1.09. The third-order valence-corrected chi connectivity index (χ3v) is 12.0. The summed E-state index contributed by atoms with van der Waals surface area (Å²) in [6, 6.07) is 62.5. The van der Waals surface area contributed by atoms with Crippen molar-refractivity contribution >= 4 is 33.5 Å². The lowest BCUT2D eigenvalue weighted by Gasteiger charge is -2.25. The minimum absolute atomic E-state index is 0.114. The van der Waals surface area contributed by atoms with Crippen molar-refractivity contribution in [1.82, 2.24) is 15.3 Å². The van der Waals surface area contributed by atoms with Crippen molar-refractivity contribution in [3.63, 3.8) is 0 Å². The maximum absolute atomic E-state index is 5.31. The van der Waals surface area contributed by atoms with Gasteiger partial charge in [-0.3, -0.25) is 9.97 Å². The summed E-state index contributed by atoms with van der Waals surface area (Å²) in [7, 11) is 0. The first kappa shape index (κ1) is 34.7. The van der Waals surface area contributed by atoms with Gasteiger partial charge < -0.3 is 5.32 Å². The van der Waals surface area contributed by atoms with Gasteiger partial charge >= 0.3 is 0 Å². The normalized spacial score (nSPS) is 15.3. The van der Waals surface area contributed by atoms with E-state index in [0.29, 0.717) is 5.84 Å². The standard InChI is InChI=1S/C54H39N5/c1-54(2)45-22-10-9-19-44(45)49-43(21-12-23-46(49)54)40-30-39(34-25-27-35(28-26-34)42-20-11-18-38-33-56-47-24-13-29-55-50(47)48(38)42)31-41(32-40)53-58-51(36-14-5-3-6-15-36)57-52(59-53)37-16-7-4-8-17-37/h3-33,53H,1-2H3,(H,57,58,59). The van der Waals surface area contributed by atoms with E-state index in [1.807, 2.05) is 60.9 Å². The Morgan fingerprint density at radius 1 is 0.508 bits per heavy atom. The van der Waals surface area contributed by atoms with Gasteiger partial charge in [0.25, 0.3) is 0 Å². The second-order valence-corrected chi connectivity index (χ2v) is 15.9. The van der Waals surface area contributed by atoms with Crippen molar-refractivity contribution in [1.29, 1.82) is 0 Å². The van der Waals surface area contributed by atoms with Gasteiger partial charge in [0.2, 0.25) is 0 Å². The molecule has 0 spiro atoms. The quantitative estimate of drug-likeness (QED) is 0.172. The molecule has 0 bridgehead atoms. The second kappa shape index (κ2) is 13.9. The number of pyridine rings is 2. The number of benzene rings is 7. The van der Waals surface area contributed by atoms with Crippen LogP contribution in [0.15, 0.2) is 198 Å². The number of hydrogen-bond acceptors (Lipinski definition) is 5. The molecule has 1 aliphatic heterocycles. The fourth-order valence-electron chi connectivity index (χ4n) is 9.06. The zero-order chi connectivity index (χ0) is 39.5. The second-order valence-electron chi connectivity index (χ2n) is 15.9. The lowest BCUT2D eigenvalue weighted by atomic mass is 9.82. The van der Waals surface area contributed by atoms with Crippen LogP contribution < -0.4 is 5.32 Å². The number of aliphatic imine (C=N–C) groups is 2. The molecule has 5 heteroatoms. The van der Waals surface area contributed by atoms with Crippen LogP contribution in [0.2, 0.25) is 0 Å². The molecule has 3 heterocycles. The lowest BCUT2D eigenvalue weighted by Crippen LogP contribution is -2.33. The number of fused-ring (bicyclic) bond motifs is 6. The first-order chi connectivity index (χ1) is 29.0. The van der Waals surface area contributed by atoms with Gasteiger partial charge in [-0.1, -0.05) is 159 Å². The SMILES string of the molecule is CC1(C)c2ccccc2-c2c(-c3cc(-c4ccc(-c5cccc6cnc7cccnc7c56)cc4)cc(C4N=C(c5ccccc5)N=C(c5ccccc5)N4)c3)cccc21. The van der Waals surface area contributed by atoms with E-state index in [-0.39, 0.29) is 11.6 Å². The smallest absolute Gasteiger partial charge is 0.159 e. The fourth-order valence-corrected chi connectivity index (χ4v) is 9.06. The zero-order valence-electron chi connectivity index (χ0n) is 32.8. The number of nitrogens with one attached hydrogen (secondary N) is 1. The third-order valence-electron chi connectivity index (χ3n) is 12.0. The number of hydrogen-bond donors (Lipinski definition) is 1. The summed E-state index contributed by atoms with van der Waals surface area (Å²) in [5, 5.41) is 5.92. The topological polar surface area (TPSA) is 62.5 Å². The summed E-state index contributed by atoms with van der Waals surface area (Å²) in [6.07, 6.45) is 3.41. The predicted molar refractivity (Wildman–Crippen MR) is 243 cm³/mol. The van der Waals surface area contributed by atoms with E-state index in [1.54, 1.807) is 0 Å². The van der Waals surface area contributed by atoms with Gasteiger partial charge in [0.1, 0.15) is 12.0 Å². The van der Waals surface area contributed by atoms with Gasteiger partial charge in [-0.2, -0.15) is 0 Å². The Morgan fingerprint density at radius 2 is 1.19 bits per heavy atom. The minimum atomic E-state index is -0.388. The molecule has 0 radical (unpaired) electrons. The number of rotatable bonds is 6. The zero-order valence-corrected chi connectivity index (χ0v) is 32.8. The van der Waals surface area contributed by atoms with E-state index in [4.69, 9.17) is 15.0 Å². The highest BCUT2D eigenvalue weighted by molar-refractivity contribution is 6.13. The molecule has 0 amide bonds. The van der Waals surface area contributed by atoms with Crippen LogP contribution >= 0.6 is 0 Å². The Morgan fingerprint density at radius 3 is 2.02 bits per heavy atom. The van der Waals surface area contributed by atoms with Crippen molar-refractivity contribution in [3.05, 3.63) is 216 Å². The van der Waals surface area contributed by atoms with Crippen LogP contribution in [0.1, 0.15) is 47.8 Å². The maximum Gasteiger partial charge on any atom is 0.159 e. The molecule has 1 aliphatic carbocycles. The van der Waals surface area contributed by atoms with Crippen LogP contribution in [0.4, 0.5) is 0 Å². The first-order valence-electron chi connectivity index (χ1n) is 20.2. The van der Waals surface area contributed by atoms with Crippen molar-refractivity contribution in [3.8, 4) is 44.5 Å². The van der Waals surface area contributed by atoms with Crippen molar-refractivity contribution < 1.29 is 0 Å². The van der Waals surface area contributed by atoms with E-state index < -0.39 is 0 Å². The van der Waals surface area contributed by atoms with Gasteiger partial charge in [0.05, 0.1) is 11.0 Å². The van der Waals surface area contributed by atoms with Gasteiger partial charge in [0.15, 0.2) is 5.84 Å². The molecule has 59 heavy (non-hydrogen) atoms. The third kappa shape index (κ3) is 5.93. The molecular formula is C54H39N5. The molecule has 5 nitrogen and oxygen atoms in total. The molecule has 0 saturated carbocycles. The largest absolute Gasteiger partial charge is 0.344 e. The van der Waals surface area contributed by atoms with E-state index in [2.05, 4.69) is 152 Å². The van der Waals surface area contributed by atoms with Crippen molar-refractivity contribution in [2.45, 2.75) is 25.4 Å². The molecule has 9 aromatic rings.